The molecule has 0 saturated heterocycles. The molecule has 20 heavy (non-hydrogen) atoms. The third-order valence-corrected chi connectivity index (χ3v) is 2.81. The quantitative estimate of drug-likeness (QED) is 0.631. The Morgan fingerprint density at radius 1 is 1.35 bits per heavy atom. The summed E-state index contributed by atoms with van der Waals surface area (Å²) < 4.78 is 26.6. The van der Waals surface area contributed by atoms with E-state index < -0.39 is 5.97 Å². The van der Waals surface area contributed by atoms with Gasteiger partial charge in [0.25, 0.3) is 5.88 Å². The predicted molar refractivity (Wildman–Crippen MR) is 69.4 cm³/mol. The lowest BCUT2D eigenvalue weighted by atomic mass is 10.3. The first-order valence-corrected chi connectivity index (χ1v) is 6.17. The van der Waals surface area contributed by atoms with E-state index in [0.29, 0.717) is 17.1 Å². The highest BCUT2D eigenvalue weighted by atomic mass is 19.1. The van der Waals surface area contributed by atoms with Crippen LogP contribution in [-0.2, 0) is 11.8 Å². The number of benzene rings is 1. The van der Waals surface area contributed by atoms with Gasteiger partial charge in [-0.1, -0.05) is 4.68 Å². The molecule has 0 fully saturated rings. The zero-order valence-electron chi connectivity index (χ0n) is 11.6. The highest BCUT2D eigenvalue weighted by Crippen LogP contribution is 2.22. The van der Waals surface area contributed by atoms with Gasteiger partial charge in [-0.3, -0.25) is 0 Å². The largest absolute Gasteiger partial charge is 0.478 e. The fraction of sp³-hybridized carbons (Fsp3) is 0.286. The molecule has 0 N–H and O–H groups in total. The molecule has 1 heterocycles. The topological polar surface area (TPSA) is 44.3 Å². The van der Waals surface area contributed by atoms with E-state index in [4.69, 9.17) is 9.47 Å². The van der Waals surface area contributed by atoms with Crippen molar-refractivity contribution < 1.29 is 23.3 Å². The third kappa shape index (κ3) is 2.49. The number of halogens is 1. The van der Waals surface area contributed by atoms with Crippen molar-refractivity contribution in [2.75, 3.05) is 13.7 Å². The highest BCUT2D eigenvalue weighted by Gasteiger charge is 2.27. The lowest BCUT2D eigenvalue weighted by Gasteiger charge is -2.05. The van der Waals surface area contributed by atoms with Crippen LogP contribution in [0.5, 0.6) is 5.88 Å². The molecule has 1 aromatic heterocycles. The normalized spacial score (nSPS) is 10.4. The number of hydrogen-bond donors (Lipinski definition) is 0. The van der Waals surface area contributed by atoms with Gasteiger partial charge in [-0.25, -0.2) is 9.18 Å². The average Bonchev–Trinajstić information content (AvgIpc) is 2.77. The first-order valence-electron chi connectivity index (χ1n) is 6.17. The first-order chi connectivity index (χ1) is 9.58. The molecule has 0 spiro atoms. The third-order valence-electron chi connectivity index (χ3n) is 2.81. The van der Waals surface area contributed by atoms with Crippen LogP contribution in [0, 0.1) is 5.82 Å². The summed E-state index contributed by atoms with van der Waals surface area (Å²) in [5.41, 5.74) is 1.00. The molecule has 0 aliphatic carbocycles. The number of aryl methyl sites for hydroxylation is 1. The van der Waals surface area contributed by atoms with E-state index in [1.165, 1.54) is 19.2 Å². The molecule has 106 valence electrons. The first kappa shape index (κ1) is 14.0. The zero-order chi connectivity index (χ0) is 14.7. The van der Waals surface area contributed by atoms with E-state index in [0.717, 1.165) is 0 Å². The summed E-state index contributed by atoms with van der Waals surface area (Å²) >= 11 is 0. The lowest BCUT2D eigenvalue weighted by Crippen LogP contribution is -2.37. The van der Waals surface area contributed by atoms with Gasteiger partial charge in [0.1, 0.15) is 11.5 Å². The van der Waals surface area contributed by atoms with Crippen molar-refractivity contribution in [2.45, 2.75) is 6.92 Å². The number of ether oxygens (including phenoxy) is 2. The molecule has 2 aromatic rings. The number of methoxy groups -OCH3 is 1. The van der Waals surface area contributed by atoms with E-state index in [1.54, 1.807) is 41.7 Å². The Labute approximate surface area is 116 Å². The molecule has 5 nitrogen and oxygen atoms in total. The van der Waals surface area contributed by atoms with Crippen molar-refractivity contribution in [1.29, 1.82) is 0 Å². The minimum absolute atomic E-state index is 0.285. The SMILES string of the molecule is CCOC(=O)c1c[n+](C)n(-c2ccc(F)cc2)c1OC. The second kappa shape index (κ2) is 5.73. The van der Waals surface area contributed by atoms with Gasteiger partial charge in [-0.05, 0) is 31.2 Å². The van der Waals surface area contributed by atoms with Crippen molar-refractivity contribution >= 4 is 5.97 Å². The van der Waals surface area contributed by atoms with Crippen molar-refractivity contribution in [3.8, 4) is 11.6 Å². The molecule has 0 radical (unpaired) electrons. The van der Waals surface area contributed by atoms with E-state index in [-0.39, 0.29) is 12.4 Å². The molecule has 6 heteroatoms. The van der Waals surface area contributed by atoms with Crippen molar-refractivity contribution in [3.63, 3.8) is 0 Å². The predicted octanol–water partition coefficient (Wildman–Crippen LogP) is 1.63. The molecule has 0 aliphatic heterocycles. The number of carbonyl (C=O) groups is 1. The Kier molecular flexibility index (Phi) is 4.02. The molecule has 0 bridgehead atoms. The molecular weight excluding hydrogens is 263 g/mol. The number of rotatable bonds is 4. The van der Waals surface area contributed by atoms with E-state index >= 15 is 0 Å². The lowest BCUT2D eigenvalue weighted by molar-refractivity contribution is -0.744. The van der Waals surface area contributed by atoms with Crippen LogP contribution in [0.15, 0.2) is 30.5 Å². The van der Waals surface area contributed by atoms with E-state index in [2.05, 4.69) is 0 Å². The number of hydrogen-bond acceptors (Lipinski definition) is 3. The van der Waals surface area contributed by atoms with Gasteiger partial charge in [0.05, 0.1) is 13.7 Å². The Balaban J connectivity index is 2.53. The van der Waals surface area contributed by atoms with Crippen LogP contribution in [0.1, 0.15) is 17.3 Å². The fourth-order valence-corrected chi connectivity index (χ4v) is 1.98. The Morgan fingerprint density at radius 2 is 2.00 bits per heavy atom. The number of nitrogens with zero attached hydrogens (tertiary/aromatic N) is 2. The second-order valence-corrected chi connectivity index (χ2v) is 4.13. The van der Waals surface area contributed by atoms with Gasteiger partial charge >= 0.3 is 5.97 Å². The van der Waals surface area contributed by atoms with Crippen LogP contribution < -0.4 is 9.42 Å². The smallest absolute Gasteiger partial charge is 0.350 e. The Bertz CT molecular complexity index is 620. The summed E-state index contributed by atoms with van der Waals surface area (Å²) in [7, 11) is 3.23. The summed E-state index contributed by atoms with van der Waals surface area (Å²) in [6, 6.07) is 5.90. The highest BCUT2D eigenvalue weighted by molar-refractivity contribution is 5.91. The van der Waals surface area contributed by atoms with Crippen LogP contribution in [0.2, 0.25) is 0 Å². The maximum atomic E-state index is 13.0. The summed E-state index contributed by atoms with van der Waals surface area (Å²) in [5, 5.41) is 0. The molecule has 0 saturated carbocycles. The van der Waals surface area contributed by atoms with E-state index in [9.17, 15) is 9.18 Å². The fourth-order valence-electron chi connectivity index (χ4n) is 1.98. The standard InChI is InChI=1S/C14H16FN2O3/c1-4-20-14(18)12-9-16(2)17(13(12)19-3)11-7-5-10(15)6-8-11/h5-9H,4H2,1-3H3/q+1. The van der Waals surface area contributed by atoms with Crippen LogP contribution in [0.4, 0.5) is 4.39 Å². The summed E-state index contributed by atoms with van der Waals surface area (Å²) in [6.45, 7) is 2.02. The van der Waals surface area contributed by atoms with Gasteiger partial charge in [0.15, 0.2) is 12.6 Å². The van der Waals surface area contributed by atoms with Crippen LogP contribution in [0.3, 0.4) is 0 Å². The molecule has 0 amide bonds. The van der Waals surface area contributed by atoms with E-state index in [1.807, 2.05) is 0 Å². The van der Waals surface area contributed by atoms with Crippen molar-refractivity contribution in [2.24, 2.45) is 7.05 Å². The van der Waals surface area contributed by atoms with Gasteiger partial charge in [0.2, 0.25) is 6.20 Å². The number of carbonyl (C=O) groups excluding carboxylic acids is 1. The van der Waals surface area contributed by atoms with Gasteiger partial charge < -0.3 is 9.47 Å². The van der Waals surface area contributed by atoms with Gasteiger partial charge in [-0.2, -0.15) is 0 Å². The van der Waals surface area contributed by atoms with Crippen LogP contribution in [0.25, 0.3) is 5.69 Å². The van der Waals surface area contributed by atoms with Crippen molar-refractivity contribution in [3.05, 3.63) is 41.8 Å². The summed E-state index contributed by atoms with van der Waals surface area (Å²) in [5.74, 6) is -0.438. The van der Waals surface area contributed by atoms with Gasteiger partial charge in [-0.15, -0.1) is 4.68 Å². The maximum Gasteiger partial charge on any atom is 0.350 e. The molecule has 0 unspecified atom stereocenters. The Hall–Kier alpha value is -2.37. The van der Waals surface area contributed by atoms with Crippen molar-refractivity contribution in [1.82, 2.24) is 4.68 Å². The Morgan fingerprint density at radius 3 is 2.55 bits per heavy atom. The summed E-state index contributed by atoms with van der Waals surface area (Å²) in [6.07, 6.45) is 1.61. The average molecular weight is 279 g/mol. The molecule has 0 atom stereocenters. The minimum Gasteiger partial charge on any atom is -0.478 e. The second-order valence-electron chi connectivity index (χ2n) is 4.13. The number of aromatic nitrogens is 2. The number of esters is 1. The monoisotopic (exact) mass is 279 g/mol. The molecular formula is C14H16FN2O3+. The minimum atomic E-state index is -0.458. The van der Waals surface area contributed by atoms with Crippen LogP contribution in [-0.4, -0.2) is 24.4 Å². The zero-order valence-corrected chi connectivity index (χ0v) is 11.6. The summed E-state index contributed by atoms with van der Waals surface area (Å²) in [4.78, 5) is 11.9. The van der Waals surface area contributed by atoms with Crippen LogP contribution >= 0.6 is 0 Å². The van der Waals surface area contributed by atoms with Gasteiger partial charge in [0, 0.05) is 0 Å². The molecule has 1 aromatic carbocycles. The molecule has 0 aliphatic rings. The molecule has 2 rings (SSSR count). The maximum absolute atomic E-state index is 13.0.